The molecule has 1 aliphatic carbocycles. The molecule has 80 valence electrons. The molecule has 2 atom stereocenters. The van der Waals surface area contributed by atoms with Gasteiger partial charge in [-0.2, -0.15) is 0 Å². The van der Waals surface area contributed by atoms with Gasteiger partial charge in [-0.25, -0.2) is 0 Å². The standard InChI is InChI=1S/C13H23N/c1-11-6-9-13(14,10-11)8-5-7-12(2,3)4/h11H,6,8-10,14H2,1-4H3. The van der Waals surface area contributed by atoms with Gasteiger partial charge < -0.3 is 5.73 Å². The van der Waals surface area contributed by atoms with Crippen LogP contribution in [-0.4, -0.2) is 5.54 Å². The van der Waals surface area contributed by atoms with Crippen molar-refractivity contribution in [2.24, 2.45) is 17.1 Å². The average Bonchev–Trinajstić information content (AvgIpc) is 2.28. The first kappa shape index (κ1) is 11.6. The molecule has 0 amide bonds. The minimum atomic E-state index is 0.0116. The molecule has 0 spiro atoms. The first-order valence-electron chi connectivity index (χ1n) is 5.60. The van der Waals surface area contributed by atoms with E-state index in [9.17, 15) is 0 Å². The zero-order valence-electron chi connectivity index (χ0n) is 9.98. The molecule has 0 heterocycles. The molecule has 0 aromatic rings. The van der Waals surface area contributed by atoms with Crippen molar-refractivity contribution < 1.29 is 0 Å². The van der Waals surface area contributed by atoms with Crippen molar-refractivity contribution >= 4 is 0 Å². The highest BCUT2D eigenvalue weighted by Crippen LogP contribution is 2.34. The normalized spacial score (nSPS) is 32.5. The van der Waals surface area contributed by atoms with Crippen LogP contribution in [0.25, 0.3) is 0 Å². The SMILES string of the molecule is CC1CCC(N)(CC#CC(C)(C)C)C1. The average molecular weight is 193 g/mol. The molecule has 2 N–H and O–H groups in total. The summed E-state index contributed by atoms with van der Waals surface area (Å²) < 4.78 is 0. The van der Waals surface area contributed by atoms with Crippen LogP contribution in [0.1, 0.15) is 53.4 Å². The fourth-order valence-corrected chi connectivity index (χ4v) is 2.08. The Kier molecular flexibility index (Phi) is 3.27. The van der Waals surface area contributed by atoms with Gasteiger partial charge in [0, 0.05) is 17.4 Å². The van der Waals surface area contributed by atoms with Crippen LogP contribution >= 0.6 is 0 Å². The summed E-state index contributed by atoms with van der Waals surface area (Å²) in [5.74, 6) is 7.30. The van der Waals surface area contributed by atoms with Crippen LogP contribution in [0.4, 0.5) is 0 Å². The molecule has 0 aliphatic heterocycles. The van der Waals surface area contributed by atoms with Crippen LogP contribution in [0.5, 0.6) is 0 Å². The summed E-state index contributed by atoms with van der Waals surface area (Å²) in [6.45, 7) is 8.70. The maximum absolute atomic E-state index is 6.28. The molecular formula is C13H23N. The van der Waals surface area contributed by atoms with Gasteiger partial charge >= 0.3 is 0 Å². The van der Waals surface area contributed by atoms with E-state index in [1.165, 1.54) is 6.42 Å². The second-order valence-corrected chi connectivity index (χ2v) is 5.94. The highest BCUT2D eigenvalue weighted by molar-refractivity contribution is 5.12. The fourth-order valence-electron chi connectivity index (χ4n) is 2.08. The van der Waals surface area contributed by atoms with Crippen LogP contribution in [0.15, 0.2) is 0 Å². The van der Waals surface area contributed by atoms with Gasteiger partial charge in [0.2, 0.25) is 0 Å². The van der Waals surface area contributed by atoms with E-state index < -0.39 is 0 Å². The molecule has 1 rings (SSSR count). The Bertz CT molecular complexity index is 251. The van der Waals surface area contributed by atoms with Crippen LogP contribution in [0.3, 0.4) is 0 Å². The number of hydrogen-bond acceptors (Lipinski definition) is 1. The topological polar surface area (TPSA) is 26.0 Å². The highest BCUT2D eigenvalue weighted by atomic mass is 14.8. The van der Waals surface area contributed by atoms with Gasteiger partial charge in [0.1, 0.15) is 0 Å². The van der Waals surface area contributed by atoms with Gasteiger partial charge in [-0.3, -0.25) is 0 Å². The van der Waals surface area contributed by atoms with E-state index in [0.29, 0.717) is 0 Å². The first-order chi connectivity index (χ1) is 6.31. The summed E-state index contributed by atoms with van der Waals surface area (Å²) in [5, 5.41) is 0. The monoisotopic (exact) mass is 193 g/mol. The zero-order chi connectivity index (χ0) is 10.8. The Balaban J connectivity index is 2.48. The largest absolute Gasteiger partial charge is 0.324 e. The molecule has 0 bridgehead atoms. The van der Waals surface area contributed by atoms with E-state index in [1.54, 1.807) is 0 Å². The molecule has 1 saturated carbocycles. The third-order valence-electron chi connectivity index (χ3n) is 2.79. The molecule has 0 aromatic heterocycles. The Labute approximate surface area is 88.5 Å². The number of hydrogen-bond donors (Lipinski definition) is 1. The maximum Gasteiger partial charge on any atom is 0.0270 e. The Morgan fingerprint density at radius 1 is 1.43 bits per heavy atom. The smallest absolute Gasteiger partial charge is 0.0270 e. The Hall–Kier alpha value is -0.480. The molecule has 1 heteroatoms. The molecule has 1 aliphatic rings. The van der Waals surface area contributed by atoms with Crippen LogP contribution in [0, 0.1) is 23.2 Å². The highest BCUT2D eigenvalue weighted by Gasteiger charge is 2.32. The van der Waals surface area contributed by atoms with Crippen LogP contribution in [-0.2, 0) is 0 Å². The van der Waals surface area contributed by atoms with E-state index in [4.69, 9.17) is 5.73 Å². The summed E-state index contributed by atoms with van der Waals surface area (Å²) in [5.41, 5.74) is 6.40. The lowest BCUT2D eigenvalue weighted by Crippen LogP contribution is -2.36. The van der Waals surface area contributed by atoms with Gasteiger partial charge in [0.15, 0.2) is 0 Å². The summed E-state index contributed by atoms with van der Waals surface area (Å²) in [6.07, 6.45) is 4.43. The van der Waals surface area contributed by atoms with Gasteiger partial charge in [-0.15, -0.1) is 5.92 Å². The van der Waals surface area contributed by atoms with Crippen LogP contribution in [0.2, 0.25) is 0 Å². The predicted molar refractivity (Wildman–Crippen MR) is 61.8 cm³/mol. The summed E-state index contributed by atoms with van der Waals surface area (Å²) in [4.78, 5) is 0. The van der Waals surface area contributed by atoms with E-state index in [2.05, 4.69) is 39.5 Å². The Morgan fingerprint density at radius 3 is 2.50 bits per heavy atom. The number of rotatable bonds is 1. The first-order valence-corrected chi connectivity index (χ1v) is 5.60. The van der Waals surface area contributed by atoms with Crippen molar-refractivity contribution in [2.45, 2.75) is 58.9 Å². The van der Waals surface area contributed by atoms with Crippen LogP contribution < -0.4 is 5.73 Å². The Morgan fingerprint density at radius 2 is 2.07 bits per heavy atom. The van der Waals surface area contributed by atoms with Crippen molar-refractivity contribution in [3.8, 4) is 11.8 Å². The third kappa shape index (κ3) is 3.72. The second-order valence-electron chi connectivity index (χ2n) is 5.94. The van der Waals surface area contributed by atoms with Gasteiger partial charge in [-0.1, -0.05) is 12.8 Å². The fraction of sp³-hybridized carbons (Fsp3) is 0.846. The molecule has 2 unspecified atom stereocenters. The molecule has 0 aromatic carbocycles. The lowest BCUT2D eigenvalue weighted by Gasteiger charge is -2.21. The van der Waals surface area contributed by atoms with E-state index in [1.807, 2.05) is 0 Å². The molecule has 1 nitrogen and oxygen atoms in total. The van der Waals surface area contributed by atoms with Crippen molar-refractivity contribution in [3.05, 3.63) is 0 Å². The maximum atomic E-state index is 6.28. The van der Waals surface area contributed by atoms with Crippen molar-refractivity contribution in [1.29, 1.82) is 0 Å². The predicted octanol–water partition coefficient (Wildman–Crippen LogP) is 2.94. The van der Waals surface area contributed by atoms with Gasteiger partial charge in [-0.05, 0) is 46.0 Å². The lowest BCUT2D eigenvalue weighted by molar-refractivity contribution is 0.431. The lowest BCUT2D eigenvalue weighted by atomic mass is 9.92. The minimum Gasteiger partial charge on any atom is -0.324 e. The molecule has 0 radical (unpaired) electrons. The quantitative estimate of drug-likeness (QED) is 0.637. The van der Waals surface area contributed by atoms with Gasteiger partial charge in [0.05, 0.1) is 0 Å². The summed E-state index contributed by atoms with van der Waals surface area (Å²) in [6, 6.07) is 0. The van der Waals surface area contributed by atoms with Gasteiger partial charge in [0.25, 0.3) is 0 Å². The summed E-state index contributed by atoms with van der Waals surface area (Å²) in [7, 11) is 0. The van der Waals surface area contributed by atoms with Crippen molar-refractivity contribution in [3.63, 3.8) is 0 Å². The zero-order valence-corrected chi connectivity index (χ0v) is 9.98. The van der Waals surface area contributed by atoms with Crippen molar-refractivity contribution in [1.82, 2.24) is 0 Å². The summed E-state index contributed by atoms with van der Waals surface area (Å²) >= 11 is 0. The van der Waals surface area contributed by atoms with E-state index >= 15 is 0 Å². The molecule has 14 heavy (non-hydrogen) atoms. The molecule has 0 saturated heterocycles. The van der Waals surface area contributed by atoms with Crippen molar-refractivity contribution in [2.75, 3.05) is 0 Å². The molecule has 1 fully saturated rings. The van der Waals surface area contributed by atoms with E-state index in [-0.39, 0.29) is 11.0 Å². The minimum absolute atomic E-state index is 0.0116. The number of nitrogens with two attached hydrogens (primary N) is 1. The second kappa shape index (κ2) is 3.95. The molecular weight excluding hydrogens is 170 g/mol. The van der Waals surface area contributed by atoms with E-state index in [0.717, 1.165) is 25.2 Å². The third-order valence-corrected chi connectivity index (χ3v) is 2.79.